The smallest absolute Gasteiger partial charge is 0.205 e. The first-order valence-electron chi connectivity index (χ1n) is 5.99. The van der Waals surface area contributed by atoms with Crippen LogP contribution in [-0.2, 0) is 0 Å². The molecule has 0 aliphatic carbocycles. The van der Waals surface area contributed by atoms with Gasteiger partial charge in [-0.15, -0.1) is 11.3 Å². The molecule has 0 aliphatic rings. The van der Waals surface area contributed by atoms with E-state index in [-0.39, 0.29) is 0 Å². The van der Waals surface area contributed by atoms with Crippen molar-refractivity contribution in [1.82, 2.24) is 14.5 Å². The van der Waals surface area contributed by atoms with Gasteiger partial charge in [0.2, 0.25) is 5.95 Å². The monoisotopic (exact) mass is 344 g/mol. The maximum absolute atomic E-state index is 6.08. The van der Waals surface area contributed by atoms with Gasteiger partial charge in [0.05, 0.1) is 32.4 Å². The van der Waals surface area contributed by atoms with Crippen molar-refractivity contribution in [2.75, 3.05) is 5.73 Å². The first kappa shape index (κ1) is 11.9. The largest absolute Gasteiger partial charge is 0.369 e. The molecule has 2 heterocycles. The third kappa shape index (κ3) is 1.72. The van der Waals surface area contributed by atoms with E-state index in [4.69, 9.17) is 5.73 Å². The summed E-state index contributed by atoms with van der Waals surface area (Å²) < 4.78 is 4.09. The van der Waals surface area contributed by atoms with Gasteiger partial charge in [0.25, 0.3) is 0 Å². The Morgan fingerprint density at radius 3 is 2.90 bits per heavy atom. The van der Waals surface area contributed by atoms with Crippen molar-refractivity contribution in [3.63, 3.8) is 0 Å². The molecule has 0 spiro atoms. The van der Waals surface area contributed by atoms with Gasteiger partial charge in [-0.2, -0.15) is 0 Å². The lowest BCUT2D eigenvalue weighted by atomic mass is 10.2. The number of fused-ring (bicyclic) bond motifs is 2. The van der Waals surface area contributed by atoms with Crippen LogP contribution in [-0.4, -0.2) is 14.5 Å². The van der Waals surface area contributed by atoms with Crippen molar-refractivity contribution in [3.05, 3.63) is 46.4 Å². The van der Waals surface area contributed by atoms with Crippen molar-refractivity contribution in [2.45, 2.75) is 0 Å². The second kappa shape index (κ2) is 4.29. The second-order valence-electron chi connectivity index (χ2n) is 4.44. The lowest BCUT2D eigenvalue weighted by Crippen LogP contribution is -2.00. The van der Waals surface area contributed by atoms with E-state index in [0.717, 1.165) is 31.4 Å². The van der Waals surface area contributed by atoms with Gasteiger partial charge in [0, 0.05) is 4.47 Å². The van der Waals surface area contributed by atoms with Crippen LogP contribution in [0.15, 0.2) is 46.4 Å². The van der Waals surface area contributed by atoms with E-state index in [1.165, 1.54) is 0 Å². The highest BCUT2D eigenvalue weighted by atomic mass is 79.9. The standard InChI is InChI=1S/C14H9BrN4S/c15-8-1-4-12-11(5-8)18-14(16)19(12)9-2-3-10-13(6-9)20-7-17-10/h1-7H,(H2,16,18). The van der Waals surface area contributed by atoms with Gasteiger partial charge in [-0.1, -0.05) is 15.9 Å². The molecule has 0 radical (unpaired) electrons. The predicted octanol–water partition coefficient (Wildman–Crippen LogP) is 3.98. The Hall–Kier alpha value is -1.92. The summed E-state index contributed by atoms with van der Waals surface area (Å²) in [5.41, 5.74) is 11.8. The average molecular weight is 345 g/mol. The van der Waals surface area contributed by atoms with E-state index in [0.29, 0.717) is 5.95 Å². The normalized spacial score (nSPS) is 11.4. The second-order valence-corrected chi connectivity index (χ2v) is 6.24. The molecule has 4 aromatic rings. The molecular weight excluding hydrogens is 336 g/mol. The molecule has 98 valence electrons. The van der Waals surface area contributed by atoms with E-state index >= 15 is 0 Å². The van der Waals surface area contributed by atoms with Gasteiger partial charge in [0.1, 0.15) is 0 Å². The molecule has 20 heavy (non-hydrogen) atoms. The van der Waals surface area contributed by atoms with Crippen LogP contribution in [0.4, 0.5) is 5.95 Å². The molecule has 0 bridgehead atoms. The third-order valence-corrected chi connectivity index (χ3v) is 4.50. The fraction of sp³-hybridized carbons (Fsp3) is 0. The Bertz CT molecular complexity index is 941. The van der Waals surface area contributed by atoms with Crippen molar-refractivity contribution < 1.29 is 0 Å². The molecule has 2 aromatic heterocycles. The van der Waals surface area contributed by atoms with Gasteiger partial charge >= 0.3 is 0 Å². The molecule has 0 saturated heterocycles. The molecule has 0 saturated carbocycles. The Labute approximate surface area is 127 Å². The van der Waals surface area contributed by atoms with Crippen LogP contribution in [0.3, 0.4) is 0 Å². The molecule has 0 unspecified atom stereocenters. The summed E-state index contributed by atoms with van der Waals surface area (Å²) in [5.74, 6) is 0.488. The van der Waals surface area contributed by atoms with E-state index in [1.807, 2.05) is 40.4 Å². The number of aromatic nitrogens is 3. The molecule has 0 atom stereocenters. The Kier molecular flexibility index (Phi) is 2.55. The van der Waals surface area contributed by atoms with Crippen LogP contribution in [0.1, 0.15) is 0 Å². The van der Waals surface area contributed by atoms with Crippen LogP contribution >= 0.6 is 27.3 Å². The summed E-state index contributed by atoms with van der Waals surface area (Å²) in [4.78, 5) is 8.71. The lowest BCUT2D eigenvalue weighted by molar-refractivity contribution is 1.11. The topological polar surface area (TPSA) is 56.7 Å². The lowest BCUT2D eigenvalue weighted by Gasteiger charge is -2.06. The molecule has 0 fully saturated rings. The first-order chi connectivity index (χ1) is 9.72. The van der Waals surface area contributed by atoms with Crippen LogP contribution in [0, 0.1) is 0 Å². The highest BCUT2D eigenvalue weighted by molar-refractivity contribution is 9.10. The fourth-order valence-electron chi connectivity index (χ4n) is 2.33. The minimum Gasteiger partial charge on any atom is -0.369 e. The van der Waals surface area contributed by atoms with Crippen molar-refractivity contribution >= 4 is 54.5 Å². The fourth-order valence-corrected chi connectivity index (χ4v) is 3.39. The number of nitrogens with zero attached hydrogens (tertiary/aromatic N) is 3. The molecule has 4 nitrogen and oxygen atoms in total. The van der Waals surface area contributed by atoms with E-state index < -0.39 is 0 Å². The highest BCUT2D eigenvalue weighted by Gasteiger charge is 2.11. The number of halogens is 1. The number of imidazole rings is 1. The quantitative estimate of drug-likeness (QED) is 0.568. The Morgan fingerprint density at radius 2 is 2.00 bits per heavy atom. The molecule has 4 rings (SSSR count). The van der Waals surface area contributed by atoms with Gasteiger partial charge in [-0.05, 0) is 36.4 Å². The summed E-state index contributed by atoms with van der Waals surface area (Å²) in [6.07, 6.45) is 0. The van der Waals surface area contributed by atoms with Gasteiger partial charge in [-0.25, -0.2) is 9.97 Å². The van der Waals surface area contributed by atoms with Gasteiger partial charge in [0.15, 0.2) is 0 Å². The maximum atomic E-state index is 6.08. The van der Waals surface area contributed by atoms with E-state index in [1.54, 1.807) is 11.3 Å². The van der Waals surface area contributed by atoms with Crippen LogP contribution in [0.2, 0.25) is 0 Å². The van der Waals surface area contributed by atoms with Crippen molar-refractivity contribution in [1.29, 1.82) is 0 Å². The molecule has 0 aliphatic heterocycles. The molecular formula is C14H9BrN4S. The maximum Gasteiger partial charge on any atom is 0.205 e. The first-order valence-corrected chi connectivity index (χ1v) is 7.67. The minimum absolute atomic E-state index is 0.488. The van der Waals surface area contributed by atoms with Gasteiger partial charge in [-0.3, -0.25) is 4.57 Å². The third-order valence-electron chi connectivity index (χ3n) is 3.22. The summed E-state index contributed by atoms with van der Waals surface area (Å²) in [6, 6.07) is 12.1. The number of benzene rings is 2. The summed E-state index contributed by atoms with van der Waals surface area (Å²) >= 11 is 5.07. The van der Waals surface area contributed by atoms with Gasteiger partial charge < -0.3 is 5.73 Å². The predicted molar refractivity (Wildman–Crippen MR) is 86.4 cm³/mol. The zero-order valence-electron chi connectivity index (χ0n) is 10.2. The number of hydrogen-bond acceptors (Lipinski definition) is 4. The number of anilines is 1. The van der Waals surface area contributed by atoms with E-state index in [2.05, 4.69) is 32.0 Å². The molecule has 0 amide bonds. The Balaban J connectivity index is 2.03. The zero-order valence-corrected chi connectivity index (χ0v) is 12.6. The zero-order chi connectivity index (χ0) is 13.7. The van der Waals surface area contributed by atoms with Crippen LogP contribution in [0.5, 0.6) is 0 Å². The molecule has 2 aromatic carbocycles. The highest BCUT2D eigenvalue weighted by Crippen LogP contribution is 2.28. The molecule has 6 heteroatoms. The summed E-state index contributed by atoms with van der Waals surface area (Å²) in [5, 5.41) is 0. The molecule has 2 N–H and O–H groups in total. The van der Waals surface area contributed by atoms with Crippen LogP contribution in [0.25, 0.3) is 26.9 Å². The number of thiazole rings is 1. The summed E-state index contributed by atoms with van der Waals surface area (Å²) in [7, 11) is 0. The summed E-state index contributed by atoms with van der Waals surface area (Å²) in [6.45, 7) is 0. The Morgan fingerprint density at radius 1 is 1.10 bits per heavy atom. The SMILES string of the molecule is Nc1nc2cc(Br)ccc2n1-c1ccc2ncsc2c1. The number of hydrogen-bond donors (Lipinski definition) is 1. The number of nitrogen functional groups attached to an aromatic ring is 1. The average Bonchev–Trinajstić information content (AvgIpc) is 3.00. The number of nitrogens with two attached hydrogens (primary N) is 1. The minimum atomic E-state index is 0.488. The van der Waals surface area contributed by atoms with E-state index in [9.17, 15) is 0 Å². The van der Waals surface area contributed by atoms with Crippen molar-refractivity contribution in [2.24, 2.45) is 0 Å². The van der Waals surface area contributed by atoms with Crippen LogP contribution < -0.4 is 5.73 Å². The number of rotatable bonds is 1. The van der Waals surface area contributed by atoms with Crippen molar-refractivity contribution in [3.8, 4) is 5.69 Å².